The third kappa shape index (κ3) is 3.75. The molecule has 1 amide bonds. The number of hydrogen-bond acceptors (Lipinski definition) is 6. The lowest BCUT2D eigenvalue weighted by atomic mass is 10.3. The molecule has 0 aliphatic carbocycles. The van der Waals surface area contributed by atoms with Crippen molar-refractivity contribution in [1.29, 1.82) is 0 Å². The summed E-state index contributed by atoms with van der Waals surface area (Å²) in [5.74, 6) is 0.324. The molecule has 0 radical (unpaired) electrons. The summed E-state index contributed by atoms with van der Waals surface area (Å²) < 4.78 is 9.75. The van der Waals surface area contributed by atoms with Gasteiger partial charge in [-0.25, -0.2) is 0 Å². The molecule has 0 unspecified atom stereocenters. The van der Waals surface area contributed by atoms with Gasteiger partial charge in [0, 0.05) is 16.0 Å². The molecule has 0 spiro atoms. The van der Waals surface area contributed by atoms with Crippen LogP contribution < -0.4 is 10.1 Å². The van der Waals surface area contributed by atoms with Crippen LogP contribution in [0.4, 0.5) is 5.13 Å². The number of ether oxygens (including phenoxy) is 1. The van der Waals surface area contributed by atoms with Crippen molar-refractivity contribution in [1.82, 2.24) is 14.8 Å². The minimum atomic E-state index is -0.300. The topological polar surface area (TPSA) is 77.0 Å². The van der Waals surface area contributed by atoms with Crippen molar-refractivity contribution < 1.29 is 9.53 Å². The van der Waals surface area contributed by atoms with E-state index in [2.05, 4.69) is 36.0 Å². The summed E-state index contributed by atoms with van der Waals surface area (Å²) in [5.41, 5.74) is 0. The number of halogens is 1. The zero-order valence-electron chi connectivity index (χ0n) is 8.46. The number of amides is 1. The van der Waals surface area contributed by atoms with Crippen molar-refractivity contribution in [2.24, 2.45) is 0 Å². The predicted octanol–water partition coefficient (Wildman–Crippen LogP) is 1.71. The molecule has 0 bridgehead atoms. The van der Waals surface area contributed by atoms with E-state index in [4.69, 9.17) is 4.74 Å². The van der Waals surface area contributed by atoms with Gasteiger partial charge >= 0.3 is 0 Å². The highest BCUT2D eigenvalue weighted by molar-refractivity contribution is 9.10. The van der Waals surface area contributed by atoms with Crippen molar-refractivity contribution in [2.45, 2.75) is 0 Å². The van der Waals surface area contributed by atoms with Crippen LogP contribution in [0.15, 0.2) is 28.7 Å². The number of benzene rings is 1. The summed E-state index contributed by atoms with van der Waals surface area (Å²) in [6, 6.07) is 7.21. The number of aromatic nitrogens is 3. The minimum Gasteiger partial charge on any atom is -0.484 e. The van der Waals surface area contributed by atoms with E-state index < -0.39 is 0 Å². The van der Waals surface area contributed by atoms with E-state index in [0.717, 1.165) is 16.0 Å². The van der Waals surface area contributed by atoms with E-state index >= 15 is 0 Å². The van der Waals surface area contributed by atoms with Gasteiger partial charge < -0.3 is 4.74 Å². The van der Waals surface area contributed by atoms with Gasteiger partial charge in [0.25, 0.3) is 5.91 Å². The van der Waals surface area contributed by atoms with E-state index in [9.17, 15) is 4.79 Å². The third-order valence-electron chi connectivity index (χ3n) is 1.73. The van der Waals surface area contributed by atoms with Gasteiger partial charge in [-0.3, -0.25) is 10.1 Å². The van der Waals surface area contributed by atoms with Crippen molar-refractivity contribution in [3.05, 3.63) is 28.7 Å². The maximum atomic E-state index is 11.4. The Balaban J connectivity index is 1.82. The van der Waals surface area contributed by atoms with Gasteiger partial charge in [0.05, 0.1) is 0 Å². The van der Waals surface area contributed by atoms with Crippen molar-refractivity contribution in [2.75, 3.05) is 11.9 Å². The molecule has 0 aliphatic rings. The number of nitrogens with zero attached hydrogens (tertiary/aromatic N) is 3. The van der Waals surface area contributed by atoms with Crippen molar-refractivity contribution in [3.8, 4) is 5.75 Å². The fraction of sp³-hybridized carbons (Fsp3) is 0.111. The summed E-state index contributed by atoms with van der Waals surface area (Å²) >= 11 is 4.32. The fourth-order valence-corrected chi connectivity index (χ4v) is 1.66. The summed E-state index contributed by atoms with van der Waals surface area (Å²) in [6.07, 6.45) is 0. The van der Waals surface area contributed by atoms with Crippen LogP contribution >= 0.6 is 27.5 Å². The van der Waals surface area contributed by atoms with E-state index in [0.29, 0.717) is 10.9 Å². The van der Waals surface area contributed by atoms with Crippen LogP contribution in [-0.4, -0.2) is 27.3 Å². The number of nitrogens with one attached hydrogen (secondary N) is 1. The second-order valence-electron chi connectivity index (χ2n) is 2.96. The Labute approximate surface area is 109 Å². The summed E-state index contributed by atoms with van der Waals surface area (Å²) in [6.45, 7) is -0.0821. The van der Waals surface area contributed by atoms with Gasteiger partial charge in [-0.1, -0.05) is 25.5 Å². The first-order chi connectivity index (χ1) is 8.24. The van der Waals surface area contributed by atoms with E-state index in [1.807, 2.05) is 12.1 Å². The Morgan fingerprint density at radius 3 is 2.82 bits per heavy atom. The average molecular weight is 315 g/mol. The first-order valence-electron chi connectivity index (χ1n) is 4.57. The lowest BCUT2D eigenvalue weighted by Gasteiger charge is -2.05. The third-order valence-corrected chi connectivity index (χ3v) is 2.77. The van der Waals surface area contributed by atoms with Crippen LogP contribution in [0.1, 0.15) is 0 Å². The van der Waals surface area contributed by atoms with Crippen LogP contribution in [0.25, 0.3) is 0 Å². The molecule has 17 heavy (non-hydrogen) atoms. The van der Waals surface area contributed by atoms with E-state index in [-0.39, 0.29) is 12.5 Å². The summed E-state index contributed by atoms with van der Waals surface area (Å²) in [4.78, 5) is 11.4. The fourth-order valence-electron chi connectivity index (χ4n) is 1.02. The van der Waals surface area contributed by atoms with Gasteiger partial charge in [-0.2, -0.15) is 0 Å². The van der Waals surface area contributed by atoms with Crippen LogP contribution in [0, 0.1) is 0 Å². The molecule has 1 aromatic carbocycles. The van der Waals surface area contributed by atoms with Gasteiger partial charge in [0.15, 0.2) is 6.61 Å². The summed E-state index contributed by atoms with van der Waals surface area (Å²) in [5, 5.41) is 9.82. The molecule has 1 N–H and O–H groups in total. The molecule has 0 fully saturated rings. The summed E-state index contributed by atoms with van der Waals surface area (Å²) in [7, 11) is 0. The molecule has 0 saturated heterocycles. The molecule has 0 aliphatic heterocycles. The lowest BCUT2D eigenvalue weighted by molar-refractivity contribution is -0.118. The predicted molar refractivity (Wildman–Crippen MR) is 66.0 cm³/mol. The second kappa shape index (κ2) is 5.69. The molecule has 0 saturated carbocycles. The van der Waals surface area contributed by atoms with Gasteiger partial charge in [-0.15, -0.1) is 0 Å². The first-order valence-corrected chi connectivity index (χ1v) is 6.14. The first kappa shape index (κ1) is 11.9. The highest BCUT2D eigenvalue weighted by atomic mass is 79.9. The molecule has 8 heteroatoms. The van der Waals surface area contributed by atoms with Crippen molar-refractivity contribution in [3.63, 3.8) is 0 Å². The monoisotopic (exact) mass is 314 g/mol. The molecular weight excluding hydrogens is 308 g/mol. The van der Waals surface area contributed by atoms with E-state index in [1.54, 1.807) is 12.1 Å². The minimum absolute atomic E-state index is 0.0821. The largest absolute Gasteiger partial charge is 0.484 e. The van der Waals surface area contributed by atoms with Crippen LogP contribution in [0.3, 0.4) is 0 Å². The quantitative estimate of drug-likeness (QED) is 0.929. The van der Waals surface area contributed by atoms with E-state index in [1.165, 1.54) is 0 Å². The molecule has 1 heterocycles. The zero-order valence-corrected chi connectivity index (χ0v) is 10.9. The number of hydrogen-bond donors (Lipinski definition) is 1. The lowest BCUT2D eigenvalue weighted by Crippen LogP contribution is -2.20. The van der Waals surface area contributed by atoms with Crippen LogP contribution in [0.5, 0.6) is 5.75 Å². The maximum absolute atomic E-state index is 11.4. The molecule has 2 aromatic rings. The smallest absolute Gasteiger partial charge is 0.264 e. The van der Waals surface area contributed by atoms with Crippen LogP contribution in [0.2, 0.25) is 0 Å². The van der Waals surface area contributed by atoms with Crippen molar-refractivity contribution >= 4 is 38.5 Å². The Hall–Kier alpha value is -1.54. The normalized spacial score (nSPS) is 9.94. The maximum Gasteiger partial charge on any atom is 0.264 e. The standard InChI is InChI=1S/C9H7BrN4O2S/c10-6-1-3-7(4-2-6)16-5-8(15)11-9-12-13-14-17-9/h1-4H,5H2,(H,11,12,14,15). The number of carbonyl (C=O) groups excluding carboxylic acids is 1. The average Bonchev–Trinajstić information content (AvgIpc) is 2.81. The second-order valence-corrected chi connectivity index (χ2v) is 4.61. The number of rotatable bonds is 4. The number of carbonyl (C=O) groups is 1. The van der Waals surface area contributed by atoms with Gasteiger partial charge in [0.1, 0.15) is 5.75 Å². The Kier molecular flexibility index (Phi) is 3.99. The van der Waals surface area contributed by atoms with Gasteiger partial charge in [0.2, 0.25) is 5.13 Å². The highest BCUT2D eigenvalue weighted by Gasteiger charge is 2.06. The molecule has 88 valence electrons. The molecule has 1 aromatic heterocycles. The number of anilines is 1. The Morgan fingerprint density at radius 2 is 2.18 bits per heavy atom. The molecule has 6 nitrogen and oxygen atoms in total. The zero-order chi connectivity index (χ0) is 12.1. The Bertz CT molecular complexity index is 488. The van der Waals surface area contributed by atoms with Crippen LogP contribution in [-0.2, 0) is 4.79 Å². The van der Waals surface area contributed by atoms with Gasteiger partial charge in [-0.05, 0) is 29.5 Å². The molecular formula is C9H7BrN4O2S. The molecule has 0 atom stereocenters. The molecule has 2 rings (SSSR count). The SMILES string of the molecule is O=C(COc1ccc(Br)cc1)Nc1nnns1. The highest BCUT2D eigenvalue weighted by Crippen LogP contribution is 2.16. The Morgan fingerprint density at radius 1 is 1.41 bits per heavy atom.